The summed E-state index contributed by atoms with van der Waals surface area (Å²) in [6, 6.07) is 12.2. The highest BCUT2D eigenvalue weighted by atomic mass is 35.5. The lowest BCUT2D eigenvalue weighted by atomic mass is 10.1. The van der Waals surface area contributed by atoms with Crippen molar-refractivity contribution in [1.29, 1.82) is 0 Å². The van der Waals surface area contributed by atoms with Crippen molar-refractivity contribution in [3.8, 4) is 11.5 Å². The molecular formula is C23H28ClN3O2. The summed E-state index contributed by atoms with van der Waals surface area (Å²) in [5.74, 6) is 1.28. The quantitative estimate of drug-likeness (QED) is 0.449. The van der Waals surface area contributed by atoms with E-state index in [-0.39, 0.29) is 0 Å². The predicted octanol–water partition coefficient (Wildman–Crippen LogP) is 5.00. The van der Waals surface area contributed by atoms with E-state index in [4.69, 9.17) is 21.1 Å². The Morgan fingerprint density at radius 3 is 2.79 bits per heavy atom. The van der Waals surface area contributed by atoms with Gasteiger partial charge < -0.3 is 19.4 Å². The first-order valence-electron chi connectivity index (χ1n) is 9.95. The molecular weight excluding hydrogens is 386 g/mol. The van der Waals surface area contributed by atoms with Gasteiger partial charge in [0.2, 0.25) is 0 Å². The van der Waals surface area contributed by atoms with E-state index in [0.29, 0.717) is 29.7 Å². The van der Waals surface area contributed by atoms with E-state index in [1.165, 1.54) is 5.56 Å². The Hall–Kier alpha value is -2.50. The molecule has 154 valence electrons. The molecule has 0 bridgehead atoms. The number of nitrogens with one attached hydrogen (secondary N) is 1. The lowest BCUT2D eigenvalue weighted by Crippen LogP contribution is -2.16. The summed E-state index contributed by atoms with van der Waals surface area (Å²) >= 11 is 6.53. The fraction of sp³-hybridized carbons (Fsp3) is 0.348. The molecule has 3 rings (SSSR count). The van der Waals surface area contributed by atoms with Crippen molar-refractivity contribution in [2.45, 2.75) is 40.0 Å². The van der Waals surface area contributed by atoms with Crippen LogP contribution in [0.5, 0.6) is 11.5 Å². The number of nitrogens with zero attached hydrogens (tertiary/aromatic N) is 2. The van der Waals surface area contributed by atoms with Crippen LogP contribution in [0.2, 0.25) is 5.02 Å². The van der Waals surface area contributed by atoms with Crippen LogP contribution < -0.4 is 14.8 Å². The monoisotopic (exact) mass is 413 g/mol. The molecule has 0 saturated carbocycles. The van der Waals surface area contributed by atoms with Crippen LogP contribution in [0, 0.1) is 6.92 Å². The number of benzene rings is 2. The largest absolute Gasteiger partial charge is 0.490 e. The van der Waals surface area contributed by atoms with Gasteiger partial charge in [-0.3, -0.25) is 0 Å². The van der Waals surface area contributed by atoms with E-state index in [1.807, 2.05) is 43.7 Å². The third kappa shape index (κ3) is 6.51. The molecule has 0 spiro atoms. The molecule has 6 heteroatoms. The number of ether oxygens (including phenoxy) is 2. The second-order valence-corrected chi connectivity index (χ2v) is 7.35. The molecule has 0 unspecified atom stereocenters. The van der Waals surface area contributed by atoms with Crippen molar-refractivity contribution in [3.05, 3.63) is 76.8 Å². The van der Waals surface area contributed by atoms with E-state index < -0.39 is 0 Å². The Labute approximate surface area is 177 Å². The Balaban J connectivity index is 1.57. The average Bonchev–Trinajstić information content (AvgIpc) is 3.21. The number of aryl methyl sites for hydroxylation is 2. The van der Waals surface area contributed by atoms with Crippen LogP contribution in [0.3, 0.4) is 0 Å². The number of imidazole rings is 1. The Bertz CT molecular complexity index is 897. The standard InChI is InChI=1S/C23H28ClN3O2/c1-3-28-22-14-20(15-25-8-5-10-27-11-9-26-17-27)13-21(24)23(22)29-16-19-7-4-6-18(2)12-19/h4,6-7,9,11-14,17,25H,3,5,8,10,15-16H2,1-2H3. The van der Waals surface area contributed by atoms with Crippen LogP contribution in [-0.4, -0.2) is 22.7 Å². The summed E-state index contributed by atoms with van der Waals surface area (Å²) in [5.41, 5.74) is 3.38. The number of halogens is 1. The topological polar surface area (TPSA) is 48.3 Å². The summed E-state index contributed by atoms with van der Waals surface area (Å²) in [6.45, 7) is 7.61. The smallest absolute Gasteiger partial charge is 0.180 e. The van der Waals surface area contributed by atoms with E-state index >= 15 is 0 Å². The SMILES string of the molecule is CCOc1cc(CNCCCn2ccnc2)cc(Cl)c1OCc1cccc(C)c1. The second-order valence-electron chi connectivity index (χ2n) is 6.95. The molecule has 0 radical (unpaired) electrons. The maximum absolute atomic E-state index is 6.53. The highest BCUT2D eigenvalue weighted by Gasteiger charge is 2.13. The van der Waals surface area contributed by atoms with Gasteiger partial charge in [0.15, 0.2) is 11.5 Å². The van der Waals surface area contributed by atoms with Crippen LogP contribution in [0.1, 0.15) is 30.0 Å². The molecule has 0 fully saturated rings. The predicted molar refractivity (Wildman–Crippen MR) is 117 cm³/mol. The summed E-state index contributed by atoms with van der Waals surface area (Å²) in [5, 5.41) is 4.02. The van der Waals surface area contributed by atoms with E-state index in [9.17, 15) is 0 Å². The molecule has 3 aromatic rings. The summed E-state index contributed by atoms with van der Waals surface area (Å²) < 4.78 is 13.9. The van der Waals surface area contributed by atoms with Gasteiger partial charge in [0.25, 0.3) is 0 Å². The van der Waals surface area contributed by atoms with Gasteiger partial charge in [0, 0.05) is 25.5 Å². The maximum Gasteiger partial charge on any atom is 0.180 e. The zero-order chi connectivity index (χ0) is 20.5. The molecule has 2 aromatic carbocycles. The number of hydrogen-bond donors (Lipinski definition) is 1. The minimum absolute atomic E-state index is 0.452. The van der Waals surface area contributed by atoms with Crippen LogP contribution in [0.15, 0.2) is 55.1 Å². The Kier molecular flexibility index (Phi) is 7.96. The fourth-order valence-electron chi connectivity index (χ4n) is 3.12. The first kappa shape index (κ1) is 21.2. The number of hydrogen-bond acceptors (Lipinski definition) is 4. The van der Waals surface area contributed by atoms with E-state index in [0.717, 1.165) is 37.2 Å². The molecule has 1 heterocycles. The van der Waals surface area contributed by atoms with Crippen molar-refractivity contribution in [3.63, 3.8) is 0 Å². The molecule has 5 nitrogen and oxygen atoms in total. The molecule has 0 aliphatic rings. The zero-order valence-electron chi connectivity index (χ0n) is 17.0. The van der Waals surface area contributed by atoms with Crippen LogP contribution in [0.4, 0.5) is 0 Å². The first-order chi connectivity index (χ1) is 14.2. The highest BCUT2D eigenvalue weighted by Crippen LogP contribution is 2.37. The minimum Gasteiger partial charge on any atom is -0.490 e. The highest BCUT2D eigenvalue weighted by molar-refractivity contribution is 6.32. The molecule has 0 amide bonds. The Morgan fingerprint density at radius 1 is 1.14 bits per heavy atom. The second kappa shape index (κ2) is 10.9. The fourth-order valence-corrected chi connectivity index (χ4v) is 3.41. The van der Waals surface area contributed by atoms with E-state index in [1.54, 1.807) is 6.20 Å². The van der Waals surface area contributed by atoms with Gasteiger partial charge in [-0.1, -0.05) is 41.4 Å². The van der Waals surface area contributed by atoms with Gasteiger partial charge in [-0.05, 0) is 50.1 Å². The van der Waals surface area contributed by atoms with Crippen molar-refractivity contribution in [2.75, 3.05) is 13.2 Å². The third-order valence-electron chi connectivity index (χ3n) is 4.49. The molecule has 0 saturated heterocycles. The molecule has 1 aromatic heterocycles. The van der Waals surface area contributed by atoms with Crippen molar-refractivity contribution < 1.29 is 9.47 Å². The minimum atomic E-state index is 0.452. The first-order valence-corrected chi connectivity index (χ1v) is 10.3. The van der Waals surface area contributed by atoms with Gasteiger partial charge >= 0.3 is 0 Å². The molecule has 0 aliphatic heterocycles. The molecule has 1 N–H and O–H groups in total. The van der Waals surface area contributed by atoms with Crippen LogP contribution in [0.25, 0.3) is 0 Å². The van der Waals surface area contributed by atoms with Gasteiger partial charge in [-0.25, -0.2) is 4.98 Å². The molecule has 0 aliphatic carbocycles. The van der Waals surface area contributed by atoms with Crippen LogP contribution in [-0.2, 0) is 19.7 Å². The number of aromatic nitrogens is 2. The van der Waals surface area contributed by atoms with Gasteiger partial charge in [-0.15, -0.1) is 0 Å². The average molecular weight is 414 g/mol. The molecule has 29 heavy (non-hydrogen) atoms. The van der Waals surface area contributed by atoms with Gasteiger partial charge in [0.1, 0.15) is 6.61 Å². The third-order valence-corrected chi connectivity index (χ3v) is 4.77. The lowest BCUT2D eigenvalue weighted by Gasteiger charge is -2.16. The normalized spacial score (nSPS) is 10.9. The lowest BCUT2D eigenvalue weighted by molar-refractivity contribution is 0.269. The van der Waals surface area contributed by atoms with Crippen LogP contribution >= 0.6 is 11.6 Å². The van der Waals surface area contributed by atoms with E-state index in [2.05, 4.69) is 33.9 Å². The summed E-state index contributed by atoms with van der Waals surface area (Å²) in [7, 11) is 0. The maximum atomic E-state index is 6.53. The molecule has 0 atom stereocenters. The summed E-state index contributed by atoms with van der Waals surface area (Å²) in [6.07, 6.45) is 6.64. The van der Waals surface area contributed by atoms with Gasteiger partial charge in [-0.2, -0.15) is 0 Å². The van der Waals surface area contributed by atoms with Crippen molar-refractivity contribution >= 4 is 11.6 Å². The zero-order valence-corrected chi connectivity index (χ0v) is 17.8. The van der Waals surface area contributed by atoms with Gasteiger partial charge in [0.05, 0.1) is 18.0 Å². The van der Waals surface area contributed by atoms with Crippen molar-refractivity contribution in [1.82, 2.24) is 14.9 Å². The summed E-state index contributed by atoms with van der Waals surface area (Å²) in [4.78, 5) is 4.05. The Morgan fingerprint density at radius 2 is 2.03 bits per heavy atom. The number of rotatable bonds is 11. The van der Waals surface area contributed by atoms with Crippen molar-refractivity contribution in [2.24, 2.45) is 0 Å².